The molecular weight excluding hydrogens is 257 g/mol. The molecule has 0 heterocycles. The number of nitrogens with one attached hydrogen (secondary N) is 1. The minimum atomic E-state index is -0.193. The van der Waals surface area contributed by atoms with Crippen LogP contribution in [0.15, 0.2) is 48.5 Å². The van der Waals surface area contributed by atoms with Gasteiger partial charge in [-0.2, -0.15) is 11.8 Å². The fourth-order valence-corrected chi connectivity index (χ4v) is 2.38. The van der Waals surface area contributed by atoms with Crippen molar-refractivity contribution in [2.75, 3.05) is 11.1 Å². The molecule has 3 heteroatoms. The molecule has 0 aliphatic rings. The van der Waals surface area contributed by atoms with Crippen molar-refractivity contribution in [3.8, 4) is 0 Å². The number of thioether (sulfide) groups is 1. The quantitative estimate of drug-likeness (QED) is 0.820. The third-order valence-corrected chi connectivity index (χ3v) is 3.78. The van der Waals surface area contributed by atoms with E-state index >= 15 is 0 Å². The molecule has 1 N–H and O–H groups in total. The van der Waals surface area contributed by atoms with Crippen LogP contribution in [0.5, 0.6) is 0 Å². The molecule has 2 aromatic carbocycles. The van der Waals surface area contributed by atoms with Crippen LogP contribution in [0.2, 0.25) is 0 Å². The van der Waals surface area contributed by atoms with Crippen molar-refractivity contribution >= 4 is 17.4 Å². The van der Waals surface area contributed by atoms with E-state index in [1.54, 1.807) is 12.1 Å². The Hall–Kier alpha value is -1.48. The molecule has 0 radical (unpaired) electrons. The molecule has 2 rings (SSSR count). The zero-order valence-corrected chi connectivity index (χ0v) is 11.8. The number of anilines is 1. The smallest absolute Gasteiger partial charge is 0.123 e. The summed E-state index contributed by atoms with van der Waals surface area (Å²) in [6.07, 6.45) is 0. The van der Waals surface area contributed by atoms with E-state index in [1.165, 1.54) is 17.7 Å². The molecule has 0 aliphatic heterocycles. The van der Waals surface area contributed by atoms with Gasteiger partial charge in [0, 0.05) is 18.0 Å². The van der Waals surface area contributed by atoms with Crippen molar-refractivity contribution < 1.29 is 4.39 Å². The minimum Gasteiger partial charge on any atom is -0.381 e. The van der Waals surface area contributed by atoms with Gasteiger partial charge in [-0.15, -0.1) is 0 Å². The predicted octanol–water partition coefficient (Wildman–Crippen LogP) is 4.69. The molecule has 0 bridgehead atoms. The zero-order chi connectivity index (χ0) is 13.5. The molecule has 0 saturated carbocycles. The lowest BCUT2D eigenvalue weighted by Crippen LogP contribution is -1.99. The third kappa shape index (κ3) is 4.60. The number of hydrogen-bond donors (Lipinski definition) is 1. The van der Waals surface area contributed by atoms with E-state index in [1.807, 2.05) is 11.8 Å². The van der Waals surface area contributed by atoms with Crippen molar-refractivity contribution in [2.45, 2.75) is 19.2 Å². The highest BCUT2D eigenvalue weighted by molar-refractivity contribution is 7.98. The van der Waals surface area contributed by atoms with E-state index in [4.69, 9.17) is 0 Å². The van der Waals surface area contributed by atoms with Gasteiger partial charge in [0.1, 0.15) is 5.82 Å². The molecule has 0 atom stereocenters. The largest absolute Gasteiger partial charge is 0.381 e. The highest BCUT2D eigenvalue weighted by atomic mass is 32.2. The number of halogens is 1. The molecule has 0 aromatic heterocycles. The van der Waals surface area contributed by atoms with Gasteiger partial charge in [-0.3, -0.25) is 0 Å². The summed E-state index contributed by atoms with van der Waals surface area (Å²) in [6.45, 7) is 2.88. The van der Waals surface area contributed by atoms with Crippen molar-refractivity contribution in [2.24, 2.45) is 0 Å². The van der Waals surface area contributed by atoms with Gasteiger partial charge in [-0.1, -0.05) is 31.2 Å². The first-order chi connectivity index (χ1) is 9.28. The second kappa shape index (κ2) is 7.19. The van der Waals surface area contributed by atoms with Crippen LogP contribution < -0.4 is 5.32 Å². The van der Waals surface area contributed by atoms with Gasteiger partial charge in [0.05, 0.1) is 0 Å². The lowest BCUT2D eigenvalue weighted by Gasteiger charge is -2.07. The van der Waals surface area contributed by atoms with Crippen LogP contribution in [-0.2, 0) is 12.3 Å². The van der Waals surface area contributed by atoms with Crippen LogP contribution in [0.1, 0.15) is 18.1 Å². The van der Waals surface area contributed by atoms with E-state index in [9.17, 15) is 4.39 Å². The SMILES string of the molecule is CCSCc1ccc(NCc2ccc(F)cc2)cc1. The summed E-state index contributed by atoms with van der Waals surface area (Å²) in [4.78, 5) is 0. The van der Waals surface area contributed by atoms with E-state index < -0.39 is 0 Å². The topological polar surface area (TPSA) is 12.0 Å². The summed E-state index contributed by atoms with van der Waals surface area (Å²) in [6, 6.07) is 15.1. The van der Waals surface area contributed by atoms with E-state index in [2.05, 4.69) is 36.5 Å². The standard InChI is InChI=1S/C16H18FNS/c1-2-19-12-14-5-9-16(10-6-14)18-11-13-3-7-15(17)8-4-13/h3-10,18H,2,11-12H2,1H3. The fraction of sp³-hybridized carbons (Fsp3) is 0.250. The van der Waals surface area contributed by atoms with Gasteiger partial charge < -0.3 is 5.32 Å². The molecule has 100 valence electrons. The summed E-state index contributed by atoms with van der Waals surface area (Å²) < 4.78 is 12.8. The van der Waals surface area contributed by atoms with E-state index in [0.717, 1.165) is 22.8 Å². The summed E-state index contributed by atoms with van der Waals surface area (Å²) in [5.41, 5.74) is 3.51. The number of rotatable bonds is 6. The average Bonchev–Trinajstić information content (AvgIpc) is 2.46. The first-order valence-electron chi connectivity index (χ1n) is 6.43. The molecule has 1 nitrogen and oxygen atoms in total. The second-order valence-corrected chi connectivity index (χ2v) is 5.59. The molecule has 19 heavy (non-hydrogen) atoms. The van der Waals surface area contributed by atoms with Crippen LogP contribution >= 0.6 is 11.8 Å². The van der Waals surface area contributed by atoms with Gasteiger partial charge in [0.15, 0.2) is 0 Å². The van der Waals surface area contributed by atoms with Gasteiger partial charge >= 0.3 is 0 Å². The van der Waals surface area contributed by atoms with Crippen molar-refractivity contribution in [1.29, 1.82) is 0 Å². The predicted molar refractivity (Wildman–Crippen MR) is 82.0 cm³/mol. The van der Waals surface area contributed by atoms with Crippen molar-refractivity contribution in [3.05, 3.63) is 65.5 Å². The summed E-state index contributed by atoms with van der Waals surface area (Å²) in [5.74, 6) is 2.01. The van der Waals surface area contributed by atoms with Crippen molar-refractivity contribution in [3.63, 3.8) is 0 Å². The maximum atomic E-state index is 12.8. The Labute approximate surface area is 118 Å². The van der Waals surface area contributed by atoms with Crippen molar-refractivity contribution in [1.82, 2.24) is 0 Å². The molecule has 0 fully saturated rings. The average molecular weight is 275 g/mol. The van der Waals surface area contributed by atoms with Gasteiger partial charge in [0.25, 0.3) is 0 Å². The minimum absolute atomic E-state index is 0.193. The monoisotopic (exact) mass is 275 g/mol. The van der Waals surface area contributed by atoms with Gasteiger partial charge in [-0.05, 0) is 41.1 Å². The Morgan fingerprint density at radius 3 is 2.21 bits per heavy atom. The van der Waals surface area contributed by atoms with E-state index in [-0.39, 0.29) is 5.82 Å². The van der Waals surface area contributed by atoms with Crippen LogP contribution in [-0.4, -0.2) is 5.75 Å². The van der Waals surface area contributed by atoms with Gasteiger partial charge in [0.2, 0.25) is 0 Å². The third-order valence-electron chi connectivity index (χ3n) is 2.84. The first kappa shape index (κ1) is 13.9. The Bertz CT molecular complexity index is 493. The normalized spacial score (nSPS) is 10.4. The Kier molecular flexibility index (Phi) is 5.28. The fourth-order valence-electron chi connectivity index (χ4n) is 1.75. The molecule has 0 spiro atoms. The second-order valence-electron chi connectivity index (χ2n) is 4.31. The van der Waals surface area contributed by atoms with Crippen LogP contribution in [0.4, 0.5) is 10.1 Å². The maximum absolute atomic E-state index is 12.8. The number of hydrogen-bond acceptors (Lipinski definition) is 2. The van der Waals surface area contributed by atoms with Crippen LogP contribution in [0, 0.1) is 5.82 Å². The Morgan fingerprint density at radius 1 is 0.947 bits per heavy atom. The molecule has 0 saturated heterocycles. The molecule has 0 amide bonds. The lowest BCUT2D eigenvalue weighted by molar-refractivity contribution is 0.627. The summed E-state index contributed by atoms with van der Waals surface area (Å²) in [5, 5.41) is 3.33. The maximum Gasteiger partial charge on any atom is 0.123 e. The number of benzene rings is 2. The van der Waals surface area contributed by atoms with E-state index in [0.29, 0.717) is 6.54 Å². The molecule has 0 aliphatic carbocycles. The Morgan fingerprint density at radius 2 is 1.58 bits per heavy atom. The highest BCUT2D eigenvalue weighted by Crippen LogP contribution is 2.16. The molecule has 0 unspecified atom stereocenters. The van der Waals surface area contributed by atoms with Crippen LogP contribution in [0.25, 0.3) is 0 Å². The molecular formula is C16H18FNS. The summed E-state index contributed by atoms with van der Waals surface area (Å²) in [7, 11) is 0. The molecule has 2 aromatic rings. The van der Waals surface area contributed by atoms with Gasteiger partial charge in [-0.25, -0.2) is 4.39 Å². The summed E-state index contributed by atoms with van der Waals surface area (Å²) >= 11 is 1.92. The Balaban J connectivity index is 1.87. The lowest BCUT2D eigenvalue weighted by atomic mass is 10.2. The zero-order valence-electron chi connectivity index (χ0n) is 11.0. The van der Waals surface area contributed by atoms with Crippen LogP contribution in [0.3, 0.4) is 0 Å². The highest BCUT2D eigenvalue weighted by Gasteiger charge is 1.96. The first-order valence-corrected chi connectivity index (χ1v) is 7.58.